The van der Waals surface area contributed by atoms with Crippen LogP contribution >= 0.6 is 0 Å². The number of aryl methyl sites for hydroxylation is 1. The van der Waals surface area contributed by atoms with E-state index in [4.69, 9.17) is 14.2 Å². The highest BCUT2D eigenvalue weighted by atomic mass is 16.8. The lowest BCUT2D eigenvalue weighted by molar-refractivity contribution is -0.178. The molecule has 0 aromatic heterocycles. The molecule has 1 saturated carbocycles. The number of esters is 2. The molecule has 27 heavy (non-hydrogen) atoms. The monoisotopic (exact) mass is 368 g/mol. The summed E-state index contributed by atoms with van der Waals surface area (Å²) in [6.45, 7) is 5.11. The molecule has 5 heteroatoms. The second-order valence-electron chi connectivity index (χ2n) is 8.55. The SMILES string of the molecule is CC(=O)Oc1ccc2c(c1)CC[C@@H]1C2=CC[C@@]2(C)[C@H]1C[C@H]1O[C@]12OC(C)=O. The van der Waals surface area contributed by atoms with Crippen molar-refractivity contribution in [2.24, 2.45) is 17.3 Å². The van der Waals surface area contributed by atoms with Crippen LogP contribution in [0.25, 0.3) is 5.57 Å². The van der Waals surface area contributed by atoms with Crippen LogP contribution in [0.3, 0.4) is 0 Å². The van der Waals surface area contributed by atoms with E-state index in [0.717, 1.165) is 25.7 Å². The molecule has 5 nitrogen and oxygen atoms in total. The van der Waals surface area contributed by atoms with Gasteiger partial charge in [-0.05, 0) is 66.4 Å². The largest absolute Gasteiger partial charge is 0.430 e. The standard InChI is InChI=1S/C22H24O5/c1-12(23)25-15-5-7-16-14(10-15)4-6-18-17(16)8-9-21(3)19(18)11-20-22(21,27-20)26-13(2)24/h5,7-8,10,18-20H,4,6,9,11H2,1-3H3/t18-,19+,20-,21+,22-/m1/s1. The maximum absolute atomic E-state index is 11.6. The fourth-order valence-electron chi connectivity index (χ4n) is 5.91. The zero-order valence-corrected chi connectivity index (χ0v) is 15.9. The molecule has 0 bridgehead atoms. The first-order valence-corrected chi connectivity index (χ1v) is 9.73. The van der Waals surface area contributed by atoms with Gasteiger partial charge in [-0.15, -0.1) is 0 Å². The van der Waals surface area contributed by atoms with E-state index in [0.29, 0.717) is 17.6 Å². The summed E-state index contributed by atoms with van der Waals surface area (Å²) in [6.07, 6.45) is 6.18. The molecule has 3 aliphatic carbocycles. The number of allylic oxidation sites excluding steroid dienone is 2. The summed E-state index contributed by atoms with van der Waals surface area (Å²) in [5, 5.41) is 0. The van der Waals surface area contributed by atoms with Crippen molar-refractivity contribution >= 4 is 17.5 Å². The normalized spacial score (nSPS) is 37.9. The summed E-state index contributed by atoms with van der Waals surface area (Å²) in [6, 6.07) is 5.96. The lowest BCUT2D eigenvalue weighted by Gasteiger charge is -2.47. The van der Waals surface area contributed by atoms with Gasteiger partial charge in [-0.25, -0.2) is 0 Å². The Labute approximate surface area is 158 Å². The number of benzene rings is 1. The second kappa shape index (κ2) is 5.44. The van der Waals surface area contributed by atoms with Crippen molar-refractivity contribution in [1.82, 2.24) is 0 Å². The Morgan fingerprint density at radius 3 is 2.78 bits per heavy atom. The van der Waals surface area contributed by atoms with Crippen LogP contribution < -0.4 is 4.74 Å². The van der Waals surface area contributed by atoms with Crippen molar-refractivity contribution in [3.63, 3.8) is 0 Å². The van der Waals surface area contributed by atoms with Gasteiger partial charge < -0.3 is 14.2 Å². The number of hydrogen-bond donors (Lipinski definition) is 0. The average Bonchev–Trinajstić information content (AvgIpc) is 3.23. The van der Waals surface area contributed by atoms with Crippen molar-refractivity contribution in [3.8, 4) is 5.75 Å². The van der Waals surface area contributed by atoms with Gasteiger partial charge in [0.1, 0.15) is 11.9 Å². The van der Waals surface area contributed by atoms with Crippen molar-refractivity contribution in [2.75, 3.05) is 0 Å². The molecule has 1 saturated heterocycles. The van der Waals surface area contributed by atoms with Gasteiger partial charge in [-0.2, -0.15) is 0 Å². The molecule has 1 heterocycles. The van der Waals surface area contributed by atoms with Crippen LogP contribution in [0.2, 0.25) is 0 Å². The molecule has 0 amide bonds. The van der Waals surface area contributed by atoms with Crippen molar-refractivity contribution in [2.45, 2.75) is 58.3 Å². The number of hydrogen-bond acceptors (Lipinski definition) is 5. The number of rotatable bonds is 2. The molecule has 4 aliphatic rings. The Balaban J connectivity index is 1.49. The topological polar surface area (TPSA) is 65.1 Å². The average molecular weight is 368 g/mol. The van der Waals surface area contributed by atoms with Crippen molar-refractivity contribution in [1.29, 1.82) is 0 Å². The van der Waals surface area contributed by atoms with E-state index in [1.807, 2.05) is 12.1 Å². The third kappa shape index (κ3) is 2.27. The summed E-state index contributed by atoms with van der Waals surface area (Å²) < 4.78 is 16.9. The smallest absolute Gasteiger partial charge is 0.308 e. The van der Waals surface area contributed by atoms with Crippen LogP contribution in [0.5, 0.6) is 5.75 Å². The van der Waals surface area contributed by atoms with E-state index < -0.39 is 5.79 Å². The second-order valence-corrected chi connectivity index (χ2v) is 8.55. The molecule has 0 radical (unpaired) electrons. The predicted molar refractivity (Wildman–Crippen MR) is 97.7 cm³/mol. The van der Waals surface area contributed by atoms with Gasteiger partial charge in [0, 0.05) is 19.3 Å². The molecule has 0 unspecified atom stereocenters. The lowest BCUT2D eigenvalue weighted by Crippen LogP contribution is -2.46. The van der Waals surface area contributed by atoms with E-state index >= 15 is 0 Å². The molecule has 1 aliphatic heterocycles. The van der Waals surface area contributed by atoms with E-state index in [9.17, 15) is 9.59 Å². The number of carbonyl (C=O) groups is 2. The molecule has 5 atom stereocenters. The van der Waals surface area contributed by atoms with Crippen LogP contribution in [0.4, 0.5) is 0 Å². The van der Waals surface area contributed by atoms with E-state index in [-0.39, 0.29) is 23.5 Å². The molecule has 1 aromatic carbocycles. The summed E-state index contributed by atoms with van der Waals surface area (Å²) in [5.74, 6) is 0.255. The van der Waals surface area contributed by atoms with E-state index in [2.05, 4.69) is 19.1 Å². The highest BCUT2D eigenvalue weighted by Gasteiger charge is 2.79. The summed E-state index contributed by atoms with van der Waals surface area (Å²) in [7, 11) is 0. The fraction of sp³-hybridized carbons (Fsp3) is 0.545. The van der Waals surface area contributed by atoms with Gasteiger partial charge in [0.2, 0.25) is 5.79 Å². The first-order valence-electron chi connectivity index (χ1n) is 9.73. The van der Waals surface area contributed by atoms with Crippen LogP contribution in [-0.4, -0.2) is 23.8 Å². The van der Waals surface area contributed by atoms with Gasteiger partial charge >= 0.3 is 11.9 Å². The van der Waals surface area contributed by atoms with Gasteiger partial charge in [-0.3, -0.25) is 9.59 Å². The van der Waals surface area contributed by atoms with Gasteiger partial charge in [0.25, 0.3) is 0 Å². The minimum Gasteiger partial charge on any atom is -0.430 e. The minimum absolute atomic E-state index is 0.0388. The van der Waals surface area contributed by atoms with E-state index in [1.54, 1.807) is 0 Å². The zero-order valence-electron chi connectivity index (χ0n) is 15.9. The van der Waals surface area contributed by atoms with E-state index in [1.165, 1.54) is 30.5 Å². The molecular weight excluding hydrogens is 344 g/mol. The molecule has 142 valence electrons. The molecule has 0 spiro atoms. The maximum Gasteiger partial charge on any atom is 0.308 e. The third-order valence-corrected chi connectivity index (χ3v) is 7.07. The number of epoxide rings is 1. The van der Waals surface area contributed by atoms with Gasteiger partial charge in [0.15, 0.2) is 0 Å². The number of ether oxygens (including phenoxy) is 3. The first kappa shape index (κ1) is 17.0. The molecule has 0 N–H and O–H groups in total. The zero-order chi connectivity index (χ0) is 19.0. The number of fused-ring (bicyclic) bond motifs is 7. The quantitative estimate of drug-likeness (QED) is 0.453. The Kier molecular flexibility index (Phi) is 3.43. The number of carbonyl (C=O) groups excluding carboxylic acids is 2. The predicted octanol–water partition coefficient (Wildman–Crippen LogP) is 3.65. The van der Waals surface area contributed by atoms with Gasteiger partial charge in [0.05, 0.1) is 0 Å². The Bertz CT molecular complexity index is 887. The Morgan fingerprint density at radius 1 is 1.22 bits per heavy atom. The Morgan fingerprint density at radius 2 is 2.04 bits per heavy atom. The van der Waals surface area contributed by atoms with Crippen LogP contribution in [0, 0.1) is 17.3 Å². The van der Waals surface area contributed by atoms with Crippen molar-refractivity contribution in [3.05, 3.63) is 35.4 Å². The summed E-state index contributed by atoms with van der Waals surface area (Å²) >= 11 is 0. The summed E-state index contributed by atoms with van der Waals surface area (Å²) in [4.78, 5) is 22.9. The lowest BCUT2D eigenvalue weighted by atomic mass is 9.59. The van der Waals surface area contributed by atoms with Crippen LogP contribution in [0.1, 0.15) is 51.2 Å². The minimum atomic E-state index is -0.717. The van der Waals surface area contributed by atoms with Crippen LogP contribution in [-0.2, 0) is 25.5 Å². The summed E-state index contributed by atoms with van der Waals surface area (Å²) in [5.41, 5.74) is 3.75. The molecular formula is C22H24O5. The highest BCUT2D eigenvalue weighted by molar-refractivity contribution is 5.75. The van der Waals surface area contributed by atoms with Crippen LogP contribution in [0.15, 0.2) is 24.3 Å². The van der Waals surface area contributed by atoms with Crippen molar-refractivity contribution < 1.29 is 23.8 Å². The third-order valence-electron chi connectivity index (χ3n) is 7.07. The first-order chi connectivity index (χ1) is 12.8. The fourth-order valence-corrected chi connectivity index (χ4v) is 5.91. The molecule has 5 rings (SSSR count). The molecule has 2 fully saturated rings. The molecule has 1 aromatic rings. The van der Waals surface area contributed by atoms with Gasteiger partial charge in [-0.1, -0.05) is 19.1 Å². The maximum atomic E-state index is 11.6. The highest BCUT2D eigenvalue weighted by Crippen LogP contribution is 2.70. The Hall–Kier alpha value is -2.14.